The molecule has 0 heterocycles. The molecule has 0 aromatic heterocycles. The lowest BCUT2D eigenvalue weighted by Crippen LogP contribution is -2.51. The molecule has 0 bridgehead atoms. The van der Waals surface area contributed by atoms with Crippen LogP contribution in [0.4, 0.5) is 5.69 Å². The normalized spacial score (nSPS) is 12.1. The summed E-state index contributed by atoms with van der Waals surface area (Å²) in [5.74, 6) is 0.0947. The zero-order valence-electron chi connectivity index (χ0n) is 24.9. The molecule has 232 valence electrons. The maximum atomic E-state index is 13.9. The lowest BCUT2D eigenvalue weighted by Gasteiger charge is -2.32. The fourth-order valence-electron chi connectivity index (χ4n) is 4.60. The number of halogens is 2. The molecule has 43 heavy (non-hydrogen) atoms. The van der Waals surface area contributed by atoms with E-state index in [9.17, 15) is 18.0 Å². The van der Waals surface area contributed by atoms with Gasteiger partial charge in [0.15, 0.2) is 0 Å². The second-order valence-electron chi connectivity index (χ2n) is 10.7. The van der Waals surface area contributed by atoms with Gasteiger partial charge >= 0.3 is 0 Å². The van der Waals surface area contributed by atoms with Gasteiger partial charge in [-0.15, -0.1) is 0 Å². The summed E-state index contributed by atoms with van der Waals surface area (Å²) in [6, 6.07) is 20.6. The van der Waals surface area contributed by atoms with Crippen molar-refractivity contribution >= 4 is 50.7 Å². The smallest absolute Gasteiger partial charge is 0.243 e. The predicted molar refractivity (Wildman–Crippen MR) is 173 cm³/mol. The number of nitrogens with one attached hydrogen (secondary N) is 1. The van der Waals surface area contributed by atoms with E-state index in [1.807, 2.05) is 56.3 Å². The summed E-state index contributed by atoms with van der Waals surface area (Å²) < 4.78 is 31.8. The summed E-state index contributed by atoms with van der Waals surface area (Å²) in [6.07, 6.45) is 1.62. The Morgan fingerprint density at radius 2 is 1.63 bits per heavy atom. The summed E-state index contributed by atoms with van der Waals surface area (Å²) in [5, 5.41) is 3.75. The standard InChI is InChI=1S/C32H39Cl2N3O5S/c1-23(2)21-35-32(39)29(19-24-11-6-5-7-12-24)36(22-25-13-8-9-14-27(25)33)31(38)15-10-18-37(43(4,40)41)26-16-17-30(42-3)28(34)20-26/h5-9,11-14,16-17,20,23,29H,10,15,18-19,21-22H2,1-4H3,(H,35,39). The monoisotopic (exact) mass is 647 g/mol. The summed E-state index contributed by atoms with van der Waals surface area (Å²) in [6.45, 7) is 4.63. The predicted octanol–water partition coefficient (Wildman–Crippen LogP) is 5.96. The van der Waals surface area contributed by atoms with Crippen LogP contribution in [-0.2, 0) is 32.6 Å². The quantitative estimate of drug-likeness (QED) is 0.220. The number of sulfonamides is 1. The van der Waals surface area contributed by atoms with E-state index in [-0.39, 0.29) is 48.7 Å². The molecule has 8 nitrogen and oxygen atoms in total. The van der Waals surface area contributed by atoms with Crippen molar-refractivity contribution < 1.29 is 22.7 Å². The summed E-state index contributed by atoms with van der Waals surface area (Å²) in [5.41, 5.74) is 1.98. The molecule has 1 N–H and O–H groups in total. The molecule has 0 saturated carbocycles. The van der Waals surface area contributed by atoms with Crippen LogP contribution in [0, 0.1) is 5.92 Å². The van der Waals surface area contributed by atoms with E-state index in [4.69, 9.17) is 27.9 Å². The van der Waals surface area contributed by atoms with Crippen molar-refractivity contribution in [2.45, 2.75) is 45.7 Å². The first-order valence-electron chi connectivity index (χ1n) is 14.1. The maximum Gasteiger partial charge on any atom is 0.243 e. The Hall–Kier alpha value is -3.27. The number of methoxy groups -OCH3 is 1. The number of rotatable bonds is 15. The van der Waals surface area contributed by atoms with E-state index in [2.05, 4.69) is 5.32 Å². The number of benzene rings is 3. The minimum atomic E-state index is -3.69. The molecule has 1 atom stereocenters. The zero-order chi connectivity index (χ0) is 31.6. The Labute approximate surface area is 265 Å². The lowest BCUT2D eigenvalue weighted by atomic mass is 10.0. The molecular formula is C32H39Cl2N3O5S. The van der Waals surface area contributed by atoms with Gasteiger partial charge in [0.05, 0.1) is 24.1 Å². The molecule has 3 rings (SSSR count). The third-order valence-electron chi connectivity index (χ3n) is 6.83. The highest BCUT2D eigenvalue weighted by molar-refractivity contribution is 7.92. The molecule has 0 aliphatic carbocycles. The van der Waals surface area contributed by atoms with E-state index in [1.165, 1.54) is 17.5 Å². The van der Waals surface area contributed by atoms with Gasteiger partial charge in [-0.1, -0.05) is 85.6 Å². The minimum Gasteiger partial charge on any atom is -0.495 e. The average Bonchev–Trinajstić information content (AvgIpc) is 2.96. The Morgan fingerprint density at radius 1 is 0.953 bits per heavy atom. The van der Waals surface area contributed by atoms with Crippen LogP contribution in [-0.4, -0.2) is 57.6 Å². The van der Waals surface area contributed by atoms with Gasteiger partial charge in [-0.2, -0.15) is 0 Å². The summed E-state index contributed by atoms with van der Waals surface area (Å²) in [4.78, 5) is 29.1. The fourth-order valence-corrected chi connectivity index (χ4v) is 6.01. The highest BCUT2D eigenvalue weighted by Crippen LogP contribution is 2.30. The van der Waals surface area contributed by atoms with E-state index >= 15 is 0 Å². The van der Waals surface area contributed by atoms with Crippen molar-refractivity contribution in [1.82, 2.24) is 10.2 Å². The van der Waals surface area contributed by atoms with E-state index in [0.717, 1.165) is 11.8 Å². The molecule has 0 aliphatic rings. The zero-order valence-corrected chi connectivity index (χ0v) is 27.3. The van der Waals surface area contributed by atoms with Crippen LogP contribution in [0.1, 0.15) is 37.8 Å². The van der Waals surface area contributed by atoms with Crippen LogP contribution >= 0.6 is 23.2 Å². The van der Waals surface area contributed by atoms with E-state index in [1.54, 1.807) is 29.2 Å². The largest absolute Gasteiger partial charge is 0.495 e. The van der Waals surface area contributed by atoms with Crippen LogP contribution in [0.3, 0.4) is 0 Å². The number of anilines is 1. The number of hydrogen-bond acceptors (Lipinski definition) is 5. The Kier molecular flexibility index (Phi) is 12.7. The number of amides is 2. The number of carbonyl (C=O) groups excluding carboxylic acids is 2. The molecule has 0 spiro atoms. The van der Waals surface area contributed by atoms with Gasteiger partial charge in [0, 0.05) is 37.5 Å². The SMILES string of the molecule is COc1ccc(N(CCCC(=O)N(Cc2ccccc2Cl)C(Cc2ccccc2)C(=O)NCC(C)C)S(C)(=O)=O)cc1Cl. The first-order valence-corrected chi connectivity index (χ1v) is 16.7. The maximum absolute atomic E-state index is 13.9. The average molecular weight is 649 g/mol. The van der Waals surface area contributed by atoms with Crippen molar-refractivity contribution in [3.63, 3.8) is 0 Å². The van der Waals surface area contributed by atoms with Crippen molar-refractivity contribution in [1.29, 1.82) is 0 Å². The Bertz CT molecular complexity index is 1490. The number of hydrogen-bond donors (Lipinski definition) is 1. The molecule has 0 aliphatic heterocycles. The van der Waals surface area contributed by atoms with Gasteiger partial charge < -0.3 is 15.0 Å². The van der Waals surface area contributed by atoms with Crippen molar-refractivity contribution in [2.75, 3.05) is 30.8 Å². The second kappa shape index (κ2) is 16.0. The second-order valence-corrected chi connectivity index (χ2v) is 13.4. The van der Waals surface area contributed by atoms with E-state index in [0.29, 0.717) is 35.0 Å². The van der Waals surface area contributed by atoms with Crippen LogP contribution in [0.15, 0.2) is 72.8 Å². The van der Waals surface area contributed by atoms with Crippen LogP contribution < -0.4 is 14.4 Å². The third kappa shape index (κ3) is 10.2. The summed E-state index contributed by atoms with van der Waals surface area (Å²) >= 11 is 12.7. The fraction of sp³-hybridized carbons (Fsp3) is 0.375. The molecule has 3 aromatic rings. The van der Waals surface area contributed by atoms with Gasteiger partial charge in [-0.25, -0.2) is 8.42 Å². The molecule has 0 radical (unpaired) electrons. The topological polar surface area (TPSA) is 96.0 Å². The van der Waals surface area contributed by atoms with Crippen LogP contribution in [0.5, 0.6) is 5.75 Å². The van der Waals surface area contributed by atoms with Crippen molar-refractivity contribution in [3.05, 3.63) is 94.0 Å². The summed E-state index contributed by atoms with van der Waals surface area (Å²) in [7, 11) is -2.21. The molecule has 2 amide bonds. The number of carbonyl (C=O) groups is 2. The molecular weight excluding hydrogens is 609 g/mol. The first kappa shape index (κ1) is 34.2. The molecule has 11 heteroatoms. The lowest BCUT2D eigenvalue weighted by molar-refractivity contribution is -0.141. The van der Waals surface area contributed by atoms with Gasteiger partial charge in [0.1, 0.15) is 11.8 Å². The molecule has 3 aromatic carbocycles. The van der Waals surface area contributed by atoms with Gasteiger partial charge in [0.25, 0.3) is 0 Å². The van der Waals surface area contributed by atoms with E-state index < -0.39 is 16.1 Å². The highest BCUT2D eigenvalue weighted by Gasteiger charge is 2.31. The number of ether oxygens (including phenoxy) is 1. The Morgan fingerprint density at radius 3 is 2.23 bits per heavy atom. The molecule has 1 unspecified atom stereocenters. The molecule has 0 saturated heterocycles. The van der Waals surface area contributed by atoms with Gasteiger partial charge in [0.2, 0.25) is 21.8 Å². The van der Waals surface area contributed by atoms with Gasteiger partial charge in [-0.05, 0) is 47.7 Å². The van der Waals surface area contributed by atoms with Crippen LogP contribution in [0.25, 0.3) is 0 Å². The van der Waals surface area contributed by atoms with Crippen LogP contribution in [0.2, 0.25) is 10.0 Å². The van der Waals surface area contributed by atoms with Gasteiger partial charge in [-0.3, -0.25) is 13.9 Å². The van der Waals surface area contributed by atoms with Crippen molar-refractivity contribution in [3.8, 4) is 5.75 Å². The minimum absolute atomic E-state index is 0.00309. The highest BCUT2D eigenvalue weighted by atomic mass is 35.5. The molecule has 0 fully saturated rings. The number of nitrogens with zero attached hydrogens (tertiary/aromatic N) is 2. The first-order chi connectivity index (χ1) is 20.4. The Balaban J connectivity index is 1.89. The van der Waals surface area contributed by atoms with Crippen molar-refractivity contribution in [2.24, 2.45) is 5.92 Å². The third-order valence-corrected chi connectivity index (χ3v) is 8.69.